The Morgan fingerprint density at radius 1 is 1.30 bits per heavy atom. The number of fused-ring (bicyclic) bond motifs is 1. The largest absolute Gasteiger partial charge is 0.492 e. The van der Waals surface area contributed by atoms with E-state index >= 15 is 0 Å². The summed E-state index contributed by atoms with van der Waals surface area (Å²) in [6.45, 7) is 7.14. The quantitative estimate of drug-likeness (QED) is 0.558. The maximum Gasteiger partial charge on any atom is 0.178 e. The first-order valence-corrected chi connectivity index (χ1v) is 7.95. The third-order valence-electron chi connectivity index (χ3n) is 3.68. The van der Waals surface area contributed by atoms with E-state index in [9.17, 15) is 0 Å². The molecule has 0 radical (unpaired) electrons. The van der Waals surface area contributed by atoms with Crippen LogP contribution in [0.3, 0.4) is 0 Å². The van der Waals surface area contributed by atoms with Gasteiger partial charge in [-0.1, -0.05) is 32.3 Å². The molecule has 1 aromatic carbocycles. The maximum absolute atomic E-state index is 5.67. The van der Waals surface area contributed by atoms with Gasteiger partial charge in [-0.2, -0.15) is 0 Å². The lowest BCUT2D eigenvalue weighted by molar-refractivity contribution is 0.343. The van der Waals surface area contributed by atoms with Crippen LogP contribution in [0.25, 0.3) is 11.0 Å². The van der Waals surface area contributed by atoms with E-state index in [1.807, 2.05) is 19.1 Å². The molecule has 1 heterocycles. The SMILES string of the molecule is CCCCCC(C)n1c(=S)[nH]c2c(OCC)cccc21. The maximum atomic E-state index is 5.67. The molecule has 3 nitrogen and oxygen atoms in total. The summed E-state index contributed by atoms with van der Waals surface area (Å²) < 4.78 is 8.69. The fourth-order valence-electron chi connectivity index (χ4n) is 2.65. The zero-order valence-corrected chi connectivity index (χ0v) is 13.4. The van der Waals surface area contributed by atoms with E-state index in [1.165, 1.54) is 19.3 Å². The summed E-state index contributed by atoms with van der Waals surface area (Å²) in [7, 11) is 0. The summed E-state index contributed by atoms with van der Waals surface area (Å²) in [4.78, 5) is 3.30. The number of nitrogens with zero attached hydrogens (tertiary/aromatic N) is 1. The minimum Gasteiger partial charge on any atom is -0.492 e. The van der Waals surface area contributed by atoms with E-state index in [-0.39, 0.29) is 0 Å². The predicted molar refractivity (Wildman–Crippen MR) is 87.1 cm³/mol. The zero-order chi connectivity index (χ0) is 14.5. The lowest BCUT2D eigenvalue weighted by Gasteiger charge is -2.14. The fourth-order valence-corrected chi connectivity index (χ4v) is 3.04. The van der Waals surface area contributed by atoms with Crippen LogP contribution in [0.5, 0.6) is 5.75 Å². The highest BCUT2D eigenvalue weighted by Crippen LogP contribution is 2.28. The van der Waals surface area contributed by atoms with Crippen molar-refractivity contribution in [3.63, 3.8) is 0 Å². The Morgan fingerprint density at radius 2 is 2.10 bits per heavy atom. The molecule has 0 aliphatic heterocycles. The lowest BCUT2D eigenvalue weighted by atomic mass is 10.1. The van der Waals surface area contributed by atoms with Crippen LogP contribution >= 0.6 is 12.2 Å². The molecule has 1 atom stereocenters. The van der Waals surface area contributed by atoms with Gasteiger partial charge in [0.05, 0.1) is 12.1 Å². The number of hydrogen-bond donors (Lipinski definition) is 1. The number of unbranched alkanes of at least 4 members (excludes halogenated alkanes) is 2. The Hall–Kier alpha value is -1.29. The highest BCUT2D eigenvalue weighted by atomic mass is 32.1. The van der Waals surface area contributed by atoms with E-state index in [4.69, 9.17) is 17.0 Å². The second-order valence-electron chi connectivity index (χ2n) is 5.23. The van der Waals surface area contributed by atoms with E-state index in [1.54, 1.807) is 0 Å². The van der Waals surface area contributed by atoms with Crippen molar-refractivity contribution in [1.29, 1.82) is 0 Å². The number of benzene rings is 1. The summed E-state index contributed by atoms with van der Waals surface area (Å²) in [6, 6.07) is 6.55. The predicted octanol–water partition coefficient (Wildman–Crippen LogP) is 5.24. The molecule has 1 unspecified atom stereocenters. The van der Waals surface area contributed by atoms with Crippen LogP contribution in [0, 0.1) is 4.77 Å². The van der Waals surface area contributed by atoms with Crippen LogP contribution in [-0.2, 0) is 0 Å². The van der Waals surface area contributed by atoms with E-state index in [2.05, 4.69) is 29.5 Å². The molecule has 2 rings (SSSR count). The Bertz CT molecular complexity index is 614. The van der Waals surface area contributed by atoms with Gasteiger partial charge in [0.25, 0.3) is 0 Å². The molecule has 2 aromatic rings. The summed E-state index contributed by atoms with van der Waals surface area (Å²) in [5.74, 6) is 0.885. The Kier molecular flexibility index (Phi) is 5.24. The third-order valence-corrected chi connectivity index (χ3v) is 3.98. The average molecular weight is 292 g/mol. The second kappa shape index (κ2) is 6.93. The molecule has 0 fully saturated rings. The Morgan fingerprint density at radius 3 is 2.80 bits per heavy atom. The highest BCUT2D eigenvalue weighted by Gasteiger charge is 2.13. The average Bonchev–Trinajstić information content (AvgIpc) is 2.76. The molecule has 0 saturated carbocycles. The van der Waals surface area contributed by atoms with Crippen molar-refractivity contribution in [3.8, 4) is 5.75 Å². The van der Waals surface area contributed by atoms with Gasteiger partial charge in [-0.05, 0) is 44.6 Å². The molecule has 0 aliphatic rings. The molecule has 20 heavy (non-hydrogen) atoms. The van der Waals surface area contributed by atoms with Crippen LogP contribution in [0.1, 0.15) is 52.5 Å². The van der Waals surface area contributed by atoms with Crippen molar-refractivity contribution < 1.29 is 4.74 Å². The van der Waals surface area contributed by atoms with E-state index in [0.29, 0.717) is 12.6 Å². The molecule has 110 valence electrons. The van der Waals surface area contributed by atoms with Crippen molar-refractivity contribution in [2.45, 2.75) is 52.5 Å². The van der Waals surface area contributed by atoms with Crippen molar-refractivity contribution in [3.05, 3.63) is 23.0 Å². The Balaban J connectivity index is 2.36. The first-order valence-electron chi connectivity index (χ1n) is 7.55. The number of aromatic nitrogens is 2. The van der Waals surface area contributed by atoms with Gasteiger partial charge in [-0.15, -0.1) is 0 Å². The fraction of sp³-hybridized carbons (Fsp3) is 0.562. The van der Waals surface area contributed by atoms with Crippen LogP contribution in [-0.4, -0.2) is 16.2 Å². The minimum absolute atomic E-state index is 0.416. The number of ether oxygens (including phenoxy) is 1. The first kappa shape index (κ1) is 15.1. The topological polar surface area (TPSA) is 29.9 Å². The van der Waals surface area contributed by atoms with Crippen LogP contribution < -0.4 is 4.74 Å². The smallest absolute Gasteiger partial charge is 0.178 e. The van der Waals surface area contributed by atoms with Gasteiger partial charge >= 0.3 is 0 Å². The van der Waals surface area contributed by atoms with Crippen molar-refractivity contribution in [2.24, 2.45) is 0 Å². The van der Waals surface area contributed by atoms with Gasteiger partial charge in [0.15, 0.2) is 4.77 Å². The highest BCUT2D eigenvalue weighted by molar-refractivity contribution is 7.71. The molecule has 1 N–H and O–H groups in total. The second-order valence-corrected chi connectivity index (χ2v) is 5.61. The summed E-state index contributed by atoms with van der Waals surface area (Å²) in [5, 5.41) is 0. The monoisotopic (exact) mass is 292 g/mol. The summed E-state index contributed by atoms with van der Waals surface area (Å²) >= 11 is 5.50. The van der Waals surface area contributed by atoms with Crippen LogP contribution in [0.2, 0.25) is 0 Å². The number of nitrogens with one attached hydrogen (secondary N) is 1. The molecule has 0 aliphatic carbocycles. The standard InChI is InChI=1S/C16H24N2OS/c1-4-6-7-9-12(3)18-13-10-8-11-14(19-5-2)15(13)17-16(18)20/h8,10-12H,4-7,9H2,1-3H3,(H,17,20). The van der Waals surface area contributed by atoms with Crippen molar-refractivity contribution in [2.75, 3.05) is 6.61 Å². The molecular weight excluding hydrogens is 268 g/mol. The van der Waals surface area contributed by atoms with Gasteiger partial charge in [0.1, 0.15) is 11.3 Å². The van der Waals surface area contributed by atoms with Crippen LogP contribution in [0.4, 0.5) is 0 Å². The molecule has 0 spiro atoms. The lowest BCUT2D eigenvalue weighted by Crippen LogP contribution is -2.05. The number of para-hydroxylation sites is 1. The number of aromatic amines is 1. The number of imidazole rings is 1. The van der Waals surface area contributed by atoms with Gasteiger partial charge in [0.2, 0.25) is 0 Å². The number of hydrogen-bond acceptors (Lipinski definition) is 2. The molecule has 0 amide bonds. The van der Waals surface area contributed by atoms with Gasteiger partial charge < -0.3 is 14.3 Å². The van der Waals surface area contributed by atoms with Crippen LogP contribution in [0.15, 0.2) is 18.2 Å². The van der Waals surface area contributed by atoms with Crippen molar-refractivity contribution >= 4 is 23.3 Å². The molecule has 4 heteroatoms. The van der Waals surface area contributed by atoms with Gasteiger partial charge in [0, 0.05) is 6.04 Å². The number of rotatable bonds is 7. The zero-order valence-electron chi connectivity index (χ0n) is 12.6. The normalized spacial score (nSPS) is 12.8. The molecular formula is C16H24N2OS. The number of H-pyrrole nitrogens is 1. The molecule has 1 aromatic heterocycles. The summed E-state index contributed by atoms with van der Waals surface area (Å²) in [5.41, 5.74) is 2.16. The molecule has 0 saturated heterocycles. The van der Waals surface area contributed by atoms with E-state index < -0.39 is 0 Å². The van der Waals surface area contributed by atoms with Gasteiger partial charge in [-0.3, -0.25) is 0 Å². The van der Waals surface area contributed by atoms with Gasteiger partial charge in [-0.25, -0.2) is 0 Å². The van der Waals surface area contributed by atoms with Crippen molar-refractivity contribution in [1.82, 2.24) is 9.55 Å². The summed E-state index contributed by atoms with van der Waals surface area (Å²) in [6.07, 6.45) is 4.94. The third kappa shape index (κ3) is 3.06. The first-order chi connectivity index (χ1) is 9.69. The van der Waals surface area contributed by atoms with E-state index in [0.717, 1.165) is 28.0 Å². The minimum atomic E-state index is 0.416. The molecule has 0 bridgehead atoms. The Labute approximate surface area is 126 Å².